The first kappa shape index (κ1) is 8.24. The first-order valence-corrected chi connectivity index (χ1v) is 4.06. The molecule has 0 N–H and O–H groups in total. The molecule has 2 atom stereocenters. The zero-order chi connectivity index (χ0) is 8.27. The summed E-state index contributed by atoms with van der Waals surface area (Å²) in [5, 5.41) is 10.3. The van der Waals surface area contributed by atoms with Crippen LogP contribution in [0.2, 0.25) is 0 Å². The van der Waals surface area contributed by atoms with Crippen molar-refractivity contribution < 1.29 is 4.92 Å². The van der Waals surface area contributed by atoms with Crippen LogP contribution in [0.25, 0.3) is 0 Å². The summed E-state index contributed by atoms with van der Waals surface area (Å²) < 4.78 is 0. The highest BCUT2D eigenvalue weighted by molar-refractivity contribution is 4.98. The Morgan fingerprint density at radius 2 is 2.27 bits per heavy atom. The number of hydrogen-bond donors (Lipinski definition) is 0. The van der Waals surface area contributed by atoms with Crippen LogP contribution in [-0.4, -0.2) is 11.0 Å². The molecule has 0 aromatic rings. The van der Waals surface area contributed by atoms with E-state index >= 15 is 0 Å². The minimum absolute atomic E-state index is 0.206. The van der Waals surface area contributed by atoms with Crippen molar-refractivity contribution in [3.05, 3.63) is 22.3 Å². The minimum atomic E-state index is -0.419. The van der Waals surface area contributed by atoms with Gasteiger partial charge in [-0.25, -0.2) is 0 Å². The number of nitro groups is 1. The molecular formula is C8H13NO2. The van der Waals surface area contributed by atoms with Gasteiger partial charge in [-0.1, -0.05) is 13.0 Å². The van der Waals surface area contributed by atoms with Gasteiger partial charge < -0.3 is 0 Å². The van der Waals surface area contributed by atoms with E-state index in [-0.39, 0.29) is 4.92 Å². The monoisotopic (exact) mass is 155 g/mol. The maximum Gasteiger partial charge on any atom is 0.231 e. The third-order valence-corrected chi connectivity index (χ3v) is 2.23. The molecule has 0 fully saturated rings. The Labute approximate surface area is 66.3 Å². The summed E-state index contributed by atoms with van der Waals surface area (Å²) in [4.78, 5) is 10.1. The van der Waals surface area contributed by atoms with Crippen molar-refractivity contribution >= 4 is 0 Å². The average Bonchev–Trinajstić information content (AvgIpc) is 2.05. The molecule has 0 aromatic heterocycles. The lowest BCUT2D eigenvalue weighted by atomic mass is 9.91. The number of allylic oxidation sites excluding steroid dienone is 1. The second kappa shape index (κ2) is 3.51. The summed E-state index contributed by atoms with van der Waals surface area (Å²) in [6.45, 7) is 2.11. The topological polar surface area (TPSA) is 43.1 Å². The smallest absolute Gasteiger partial charge is 0.231 e. The second-order valence-electron chi connectivity index (χ2n) is 2.98. The van der Waals surface area contributed by atoms with Crippen LogP contribution in [0.15, 0.2) is 12.2 Å². The van der Waals surface area contributed by atoms with E-state index < -0.39 is 6.04 Å². The molecule has 0 bridgehead atoms. The van der Waals surface area contributed by atoms with Crippen molar-refractivity contribution in [1.29, 1.82) is 0 Å². The van der Waals surface area contributed by atoms with Crippen molar-refractivity contribution in [3.8, 4) is 0 Å². The van der Waals surface area contributed by atoms with Crippen molar-refractivity contribution in [1.82, 2.24) is 0 Å². The molecule has 2 unspecified atom stereocenters. The molecule has 0 amide bonds. The van der Waals surface area contributed by atoms with E-state index in [4.69, 9.17) is 0 Å². The standard InChI is InChI=1S/C8H13NO2/c1-2-7-3-5-8(6-4-7)9(10)11/h3,5,7-8H,2,4,6H2,1H3. The molecule has 1 rings (SSSR count). The van der Waals surface area contributed by atoms with Gasteiger partial charge in [-0.2, -0.15) is 0 Å². The molecule has 1 aliphatic carbocycles. The summed E-state index contributed by atoms with van der Waals surface area (Å²) in [5.74, 6) is 0.575. The summed E-state index contributed by atoms with van der Waals surface area (Å²) in [6.07, 6.45) is 6.50. The molecule has 0 radical (unpaired) electrons. The zero-order valence-electron chi connectivity index (χ0n) is 6.69. The van der Waals surface area contributed by atoms with Crippen LogP contribution in [0.3, 0.4) is 0 Å². The van der Waals surface area contributed by atoms with E-state index in [2.05, 4.69) is 6.92 Å². The maximum absolute atomic E-state index is 10.3. The third-order valence-electron chi connectivity index (χ3n) is 2.23. The molecule has 0 spiro atoms. The molecule has 3 heteroatoms. The van der Waals surface area contributed by atoms with Gasteiger partial charge in [0.2, 0.25) is 6.04 Å². The van der Waals surface area contributed by atoms with Crippen LogP contribution in [0.4, 0.5) is 0 Å². The molecule has 0 heterocycles. The van der Waals surface area contributed by atoms with E-state index in [9.17, 15) is 10.1 Å². The predicted molar refractivity (Wildman–Crippen MR) is 42.9 cm³/mol. The Morgan fingerprint density at radius 1 is 1.55 bits per heavy atom. The van der Waals surface area contributed by atoms with Crippen molar-refractivity contribution in [3.63, 3.8) is 0 Å². The Hall–Kier alpha value is -0.860. The quantitative estimate of drug-likeness (QED) is 0.348. The highest BCUT2D eigenvalue weighted by Crippen LogP contribution is 2.21. The van der Waals surface area contributed by atoms with Crippen LogP contribution in [0.5, 0.6) is 0 Å². The summed E-state index contributed by atoms with van der Waals surface area (Å²) in [6, 6.07) is -0.419. The van der Waals surface area contributed by atoms with Gasteiger partial charge in [-0.05, 0) is 24.8 Å². The lowest BCUT2D eigenvalue weighted by Gasteiger charge is -2.16. The van der Waals surface area contributed by atoms with Crippen LogP contribution < -0.4 is 0 Å². The van der Waals surface area contributed by atoms with E-state index in [1.54, 1.807) is 6.08 Å². The Balaban J connectivity index is 2.49. The van der Waals surface area contributed by atoms with Crippen molar-refractivity contribution in [2.45, 2.75) is 32.2 Å². The van der Waals surface area contributed by atoms with E-state index in [1.807, 2.05) is 6.08 Å². The maximum atomic E-state index is 10.3. The molecule has 0 saturated carbocycles. The zero-order valence-corrected chi connectivity index (χ0v) is 6.69. The third kappa shape index (κ3) is 2.03. The van der Waals surface area contributed by atoms with E-state index in [0.717, 1.165) is 12.8 Å². The molecule has 1 aliphatic rings. The lowest BCUT2D eigenvalue weighted by Crippen LogP contribution is -2.21. The van der Waals surface area contributed by atoms with E-state index in [0.29, 0.717) is 12.3 Å². The van der Waals surface area contributed by atoms with Gasteiger partial charge in [0.1, 0.15) is 0 Å². The largest absolute Gasteiger partial charge is 0.264 e. The van der Waals surface area contributed by atoms with E-state index in [1.165, 1.54) is 0 Å². The molecule has 0 saturated heterocycles. The fourth-order valence-electron chi connectivity index (χ4n) is 1.38. The fourth-order valence-corrected chi connectivity index (χ4v) is 1.38. The second-order valence-corrected chi connectivity index (χ2v) is 2.98. The van der Waals surface area contributed by atoms with Gasteiger partial charge in [0.25, 0.3) is 0 Å². The van der Waals surface area contributed by atoms with Gasteiger partial charge in [-0.3, -0.25) is 10.1 Å². The van der Waals surface area contributed by atoms with Gasteiger partial charge >= 0.3 is 0 Å². The fraction of sp³-hybridized carbons (Fsp3) is 0.750. The molecular weight excluding hydrogens is 142 g/mol. The Kier molecular flexibility index (Phi) is 2.63. The predicted octanol–water partition coefficient (Wildman–Crippen LogP) is 2.01. The summed E-state index contributed by atoms with van der Waals surface area (Å²) >= 11 is 0. The number of hydrogen-bond acceptors (Lipinski definition) is 2. The lowest BCUT2D eigenvalue weighted by molar-refractivity contribution is -0.511. The number of rotatable bonds is 2. The van der Waals surface area contributed by atoms with Gasteiger partial charge in [-0.15, -0.1) is 0 Å². The molecule has 62 valence electrons. The van der Waals surface area contributed by atoms with Gasteiger partial charge in [0.05, 0.1) is 0 Å². The molecule has 0 aromatic carbocycles. The Bertz CT molecular complexity index is 177. The average molecular weight is 155 g/mol. The SMILES string of the molecule is CCC1C=CC([N+](=O)[O-])CC1. The molecule has 11 heavy (non-hydrogen) atoms. The highest BCUT2D eigenvalue weighted by Gasteiger charge is 2.21. The van der Waals surface area contributed by atoms with Crippen LogP contribution in [0, 0.1) is 16.0 Å². The molecule has 0 aliphatic heterocycles. The first-order valence-electron chi connectivity index (χ1n) is 4.06. The normalized spacial score (nSPS) is 30.3. The first-order chi connectivity index (χ1) is 5.24. The van der Waals surface area contributed by atoms with Crippen LogP contribution in [-0.2, 0) is 0 Å². The van der Waals surface area contributed by atoms with Crippen LogP contribution in [0.1, 0.15) is 26.2 Å². The van der Waals surface area contributed by atoms with Gasteiger partial charge in [0, 0.05) is 11.3 Å². The number of nitrogens with zero attached hydrogens (tertiary/aromatic N) is 1. The Morgan fingerprint density at radius 3 is 2.64 bits per heavy atom. The van der Waals surface area contributed by atoms with Crippen molar-refractivity contribution in [2.24, 2.45) is 5.92 Å². The van der Waals surface area contributed by atoms with Gasteiger partial charge in [0.15, 0.2) is 0 Å². The summed E-state index contributed by atoms with van der Waals surface area (Å²) in [5.41, 5.74) is 0. The van der Waals surface area contributed by atoms with Crippen LogP contribution >= 0.6 is 0 Å². The minimum Gasteiger partial charge on any atom is -0.264 e. The molecule has 3 nitrogen and oxygen atoms in total. The highest BCUT2D eigenvalue weighted by atomic mass is 16.6. The van der Waals surface area contributed by atoms with Crippen molar-refractivity contribution in [2.75, 3.05) is 0 Å². The summed E-state index contributed by atoms with van der Waals surface area (Å²) in [7, 11) is 0.